The molecule has 2 N–H and O–H groups in total. The number of rotatable bonds is 2. The summed E-state index contributed by atoms with van der Waals surface area (Å²) >= 11 is 0. The molecule has 1 aromatic carbocycles. The lowest BCUT2D eigenvalue weighted by Crippen LogP contribution is -2.78. The summed E-state index contributed by atoms with van der Waals surface area (Å²) < 4.78 is 5.88. The topological polar surface area (TPSA) is 87.1 Å². The van der Waals surface area contributed by atoms with Gasteiger partial charge in [-0.25, -0.2) is 0 Å². The quantitative estimate of drug-likeness (QED) is 0.779. The molecule has 2 heterocycles. The largest absolute Gasteiger partial charge is 0.504 e. The van der Waals surface area contributed by atoms with E-state index in [2.05, 4.69) is 6.58 Å². The number of piperidine rings is 1. The first-order valence-corrected chi connectivity index (χ1v) is 8.63. The Morgan fingerprint density at radius 3 is 2.92 bits per heavy atom. The van der Waals surface area contributed by atoms with Gasteiger partial charge in [0.1, 0.15) is 11.6 Å². The fourth-order valence-electron chi connectivity index (χ4n) is 5.64. The predicted molar refractivity (Wildman–Crippen MR) is 87.9 cm³/mol. The fourth-order valence-corrected chi connectivity index (χ4v) is 5.64. The highest BCUT2D eigenvalue weighted by molar-refractivity contribution is 6.07. The third kappa shape index (κ3) is 1.45. The molecule has 6 heteroatoms. The van der Waals surface area contributed by atoms with Gasteiger partial charge in [-0.3, -0.25) is 14.5 Å². The average Bonchev–Trinajstić information content (AvgIpc) is 2.94. The van der Waals surface area contributed by atoms with Crippen molar-refractivity contribution in [1.82, 2.24) is 4.90 Å². The number of nitrogens with zero attached hydrogens (tertiary/aromatic N) is 1. The van der Waals surface area contributed by atoms with E-state index in [9.17, 15) is 19.8 Å². The number of aliphatic hydroxyl groups is 1. The van der Waals surface area contributed by atoms with E-state index < -0.39 is 23.2 Å². The van der Waals surface area contributed by atoms with Crippen LogP contribution in [0.15, 0.2) is 24.8 Å². The number of likely N-dealkylation sites (tertiary alicyclic amines) is 1. The van der Waals surface area contributed by atoms with Gasteiger partial charge in [-0.2, -0.15) is 0 Å². The molecule has 0 amide bonds. The van der Waals surface area contributed by atoms with E-state index in [1.165, 1.54) is 6.07 Å². The van der Waals surface area contributed by atoms with Crippen LogP contribution in [0, 0.1) is 0 Å². The monoisotopic (exact) mass is 341 g/mol. The lowest BCUT2D eigenvalue weighted by Gasteiger charge is -2.61. The summed E-state index contributed by atoms with van der Waals surface area (Å²) in [6.07, 6.45) is 1.78. The average molecular weight is 341 g/mol. The van der Waals surface area contributed by atoms with E-state index >= 15 is 0 Å². The highest BCUT2D eigenvalue weighted by atomic mass is 16.5. The molecule has 4 atom stereocenters. The standard InChI is InChI=1S/C19H19NO5/c1-2-8-20-9-7-18-13-10-3-4-11(21)15(13)25-17(18)12(22)5-6-19(18,24)16(20)14(10)23/h2-4,16-17,21,24H,1,5-9H2/t16-,17+,18+,19-/m1/s1. The molecule has 2 bridgehead atoms. The Morgan fingerprint density at radius 1 is 1.36 bits per heavy atom. The van der Waals surface area contributed by atoms with Crippen LogP contribution in [-0.2, 0) is 10.2 Å². The van der Waals surface area contributed by atoms with Crippen molar-refractivity contribution in [1.29, 1.82) is 0 Å². The Morgan fingerprint density at radius 2 is 2.16 bits per heavy atom. The Labute approximate surface area is 144 Å². The summed E-state index contributed by atoms with van der Waals surface area (Å²) in [5.41, 5.74) is -1.35. The highest BCUT2D eigenvalue weighted by Crippen LogP contribution is 2.64. The molecule has 2 aliphatic heterocycles. The smallest absolute Gasteiger partial charge is 0.183 e. The van der Waals surface area contributed by atoms with Gasteiger partial charge in [-0.1, -0.05) is 6.08 Å². The van der Waals surface area contributed by atoms with Crippen LogP contribution in [0.1, 0.15) is 35.2 Å². The Kier molecular flexibility index (Phi) is 2.72. The van der Waals surface area contributed by atoms with E-state index in [1.54, 1.807) is 12.1 Å². The second-order valence-electron chi connectivity index (χ2n) is 7.50. The molecular formula is C19H19NO5. The molecule has 6 nitrogen and oxygen atoms in total. The van der Waals surface area contributed by atoms with Crippen LogP contribution >= 0.6 is 0 Å². The van der Waals surface area contributed by atoms with Crippen LogP contribution in [0.2, 0.25) is 0 Å². The molecule has 0 radical (unpaired) electrons. The third-order valence-corrected chi connectivity index (χ3v) is 6.57. The molecule has 2 aliphatic carbocycles. The van der Waals surface area contributed by atoms with Gasteiger partial charge < -0.3 is 14.9 Å². The van der Waals surface area contributed by atoms with Gasteiger partial charge in [0, 0.05) is 30.6 Å². The SMILES string of the molecule is C=CCN1CC[C@]23c4c5ccc(O)c4O[C@H]2C(=O)CC[C@@]3(O)[C@H]1C5=O. The minimum absolute atomic E-state index is 0.0727. The van der Waals surface area contributed by atoms with Crippen LogP contribution in [0.4, 0.5) is 0 Å². The molecule has 1 saturated carbocycles. The Bertz CT molecular complexity index is 848. The van der Waals surface area contributed by atoms with Crippen molar-refractivity contribution in [2.75, 3.05) is 13.1 Å². The van der Waals surface area contributed by atoms with Crippen LogP contribution in [0.3, 0.4) is 0 Å². The maximum Gasteiger partial charge on any atom is 0.183 e. The van der Waals surface area contributed by atoms with Crippen molar-refractivity contribution in [2.24, 2.45) is 0 Å². The van der Waals surface area contributed by atoms with Gasteiger partial charge in [0.25, 0.3) is 0 Å². The first kappa shape index (κ1) is 15.1. The molecule has 25 heavy (non-hydrogen) atoms. The molecule has 5 rings (SSSR count). The summed E-state index contributed by atoms with van der Waals surface area (Å²) in [7, 11) is 0. The lowest BCUT2D eigenvalue weighted by atomic mass is 9.48. The maximum absolute atomic E-state index is 13.3. The molecule has 4 aliphatic rings. The number of ketones is 2. The highest BCUT2D eigenvalue weighted by Gasteiger charge is 2.75. The number of carbonyl (C=O) groups is 2. The van der Waals surface area contributed by atoms with Crippen LogP contribution in [0.25, 0.3) is 0 Å². The summed E-state index contributed by atoms with van der Waals surface area (Å²) in [5.74, 6) is -0.136. The van der Waals surface area contributed by atoms with E-state index in [4.69, 9.17) is 4.74 Å². The van der Waals surface area contributed by atoms with Crippen molar-refractivity contribution < 1.29 is 24.5 Å². The first-order chi connectivity index (χ1) is 12.0. The van der Waals surface area contributed by atoms with Gasteiger partial charge in [0.05, 0.1) is 5.41 Å². The molecule has 0 unspecified atom stereocenters. The van der Waals surface area contributed by atoms with E-state index in [-0.39, 0.29) is 35.9 Å². The molecule has 2 fully saturated rings. The lowest BCUT2D eigenvalue weighted by molar-refractivity contribution is -0.177. The summed E-state index contributed by atoms with van der Waals surface area (Å²) in [4.78, 5) is 27.9. The first-order valence-electron chi connectivity index (χ1n) is 8.63. The zero-order chi connectivity index (χ0) is 17.6. The second kappa shape index (κ2) is 4.51. The van der Waals surface area contributed by atoms with Crippen molar-refractivity contribution >= 4 is 11.6 Å². The maximum atomic E-state index is 13.3. The van der Waals surface area contributed by atoms with Gasteiger partial charge >= 0.3 is 0 Å². The zero-order valence-electron chi connectivity index (χ0n) is 13.7. The fraction of sp³-hybridized carbons (Fsp3) is 0.474. The van der Waals surface area contributed by atoms with Crippen LogP contribution < -0.4 is 4.74 Å². The molecule has 130 valence electrons. The van der Waals surface area contributed by atoms with Gasteiger partial charge in [-0.05, 0) is 25.0 Å². The van der Waals surface area contributed by atoms with E-state index in [1.807, 2.05) is 4.90 Å². The van der Waals surface area contributed by atoms with Crippen LogP contribution in [-0.4, -0.2) is 57.5 Å². The van der Waals surface area contributed by atoms with Crippen LogP contribution in [0.5, 0.6) is 11.5 Å². The number of phenolic OH excluding ortho intramolecular Hbond substituents is 1. The van der Waals surface area contributed by atoms with Crippen molar-refractivity contribution in [2.45, 2.75) is 42.4 Å². The Balaban J connectivity index is 1.85. The number of hydrogen-bond donors (Lipinski definition) is 2. The third-order valence-electron chi connectivity index (χ3n) is 6.57. The summed E-state index contributed by atoms with van der Waals surface area (Å²) in [6, 6.07) is 2.30. The molecule has 1 aromatic rings. The van der Waals surface area contributed by atoms with E-state index in [0.717, 1.165) is 0 Å². The minimum Gasteiger partial charge on any atom is -0.504 e. The summed E-state index contributed by atoms with van der Waals surface area (Å²) in [6.45, 7) is 4.81. The zero-order valence-corrected chi connectivity index (χ0v) is 13.7. The number of hydrogen-bond acceptors (Lipinski definition) is 6. The number of benzene rings is 1. The second-order valence-corrected chi connectivity index (χ2v) is 7.50. The summed E-state index contributed by atoms with van der Waals surface area (Å²) in [5, 5.41) is 22.0. The normalized spacial score (nSPS) is 38.3. The number of aromatic hydroxyl groups is 1. The van der Waals surface area contributed by atoms with Gasteiger partial charge in [0.15, 0.2) is 29.2 Å². The number of phenols is 1. The molecular weight excluding hydrogens is 322 g/mol. The Hall–Kier alpha value is -2.18. The number of Topliss-reactive ketones (excluding diaryl/α,β-unsaturated/α-hetero) is 2. The van der Waals surface area contributed by atoms with E-state index in [0.29, 0.717) is 30.6 Å². The number of carbonyl (C=O) groups excluding carboxylic acids is 2. The van der Waals surface area contributed by atoms with Crippen molar-refractivity contribution in [3.05, 3.63) is 35.9 Å². The van der Waals surface area contributed by atoms with Crippen molar-refractivity contribution in [3.8, 4) is 11.5 Å². The van der Waals surface area contributed by atoms with Gasteiger partial charge in [0.2, 0.25) is 0 Å². The number of ether oxygens (including phenoxy) is 1. The van der Waals surface area contributed by atoms with Crippen molar-refractivity contribution in [3.63, 3.8) is 0 Å². The molecule has 1 saturated heterocycles. The predicted octanol–water partition coefficient (Wildman–Crippen LogP) is 0.942. The van der Waals surface area contributed by atoms with Gasteiger partial charge in [-0.15, -0.1) is 6.58 Å². The molecule has 0 aromatic heterocycles. The molecule has 1 spiro atoms. The minimum atomic E-state index is -1.38.